The molecule has 106 valence electrons. The zero-order valence-corrected chi connectivity index (χ0v) is 12.1. The molecule has 0 spiro atoms. The van der Waals surface area contributed by atoms with Gasteiger partial charge in [0.1, 0.15) is 0 Å². The van der Waals surface area contributed by atoms with Crippen molar-refractivity contribution >= 4 is 23.0 Å². The van der Waals surface area contributed by atoms with E-state index >= 15 is 0 Å². The molecule has 0 atom stereocenters. The number of hydrogen-bond donors (Lipinski definition) is 2. The fourth-order valence-electron chi connectivity index (χ4n) is 1.90. The van der Waals surface area contributed by atoms with Gasteiger partial charge in [-0.15, -0.1) is 0 Å². The molecule has 0 saturated heterocycles. The summed E-state index contributed by atoms with van der Waals surface area (Å²) in [5, 5.41) is 13.0. The molecule has 3 nitrogen and oxygen atoms in total. The Bertz CT molecular complexity index is 617. The topological polar surface area (TPSA) is 35.5 Å². The van der Waals surface area contributed by atoms with E-state index in [9.17, 15) is 4.39 Å². The van der Waals surface area contributed by atoms with Crippen LogP contribution in [0.3, 0.4) is 0 Å². The van der Waals surface area contributed by atoms with Crippen LogP contribution in [-0.2, 0) is 6.54 Å². The summed E-state index contributed by atoms with van der Waals surface area (Å²) in [5.41, 5.74) is 2.61. The Kier molecular flexibility index (Phi) is 4.35. The molecule has 0 aliphatic heterocycles. The number of hydrogen-bond acceptors (Lipinski definition) is 3. The molecular formula is C15H16ClFN2O. The third kappa shape index (κ3) is 3.33. The van der Waals surface area contributed by atoms with E-state index in [0.29, 0.717) is 11.6 Å². The van der Waals surface area contributed by atoms with Crippen molar-refractivity contribution in [2.45, 2.75) is 6.54 Å². The predicted octanol–water partition coefficient (Wildman–Crippen LogP) is 3.86. The van der Waals surface area contributed by atoms with Crippen LogP contribution in [0.15, 0.2) is 36.4 Å². The normalized spacial score (nSPS) is 10.4. The Hall–Kier alpha value is -1.94. The van der Waals surface area contributed by atoms with Gasteiger partial charge in [-0.3, -0.25) is 0 Å². The van der Waals surface area contributed by atoms with Crippen LogP contribution in [0.4, 0.5) is 15.8 Å². The second-order valence-electron chi connectivity index (χ2n) is 4.70. The quantitative estimate of drug-likeness (QED) is 0.899. The monoisotopic (exact) mass is 294 g/mol. The zero-order chi connectivity index (χ0) is 14.7. The molecule has 5 heteroatoms. The van der Waals surface area contributed by atoms with Gasteiger partial charge in [0.2, 0.25) is 0 Å². The third-order valence-corrected chi connectivity index (χ3v) is 3.17. The summed E-state index contributed by atoms with van der Waals surface area (Å²) in [6.07, 6.45) is 0. The van der Waals surface area contributed by atoms with Gasteiger partial charge < -0.3 is 15.3 Å². The highest BCUT2D eigenvalue weighted by molar-refractivity contribution is 6.31. The van der Waals surface area contributed by atoms with Gasteiger partial charge in [0.25, 0.3) is 0 Å². The van der Waals surface area contributed by atoms with Gasteiger partial charge in [-0.2, -0.15) is 0 Å². The van der Waals surface area contributed by atoms with Crippen molar-refractivity contribution in [3.05, 3.63) is 52.8 Å². The summed E-state index contributed by atoms with van der Waals surface area (Å²) in [5.74, 6) is -0.964. The molecule has 0 amide bonds. The fraction of sp³-hybridized carbons (Fsp3) is 0.200. The summed E-state index contributed by atoms with van der Waals surface area (Å²) in [7, 11) is 3.88. The second kappa shape index (κ2) is 6.01. The second-order valence-corrected chi connectivity index (χ2v) is 5.13. The average molecular weight is 295 g/mol. The van der Waals surface area contributed by atoms with E-state index < -0.39 is 5.82 Å². The lowest BCUT2D eigenvalue weighted by Crippen LogP contribution is -2.12. The molecule has 0 fully saturated rings. The van der Waals surface area contributed by atoms with Crippen LogP contribution in [-0.4, -0.2) is 19.2 Å². The standard InChI is InChI=1S/C15H16ClFN2O/c1-19(2)14-5-4-11(16)8-13(14)18-9-10-3-6-15(20)12(17)7-10/h3-8,18,20H,9H2,1-2H3. The van der Waals surface area contributed by atoms with Gasteiger partial charge in [0, 0.05) is 25.7 Å². The van der Waals surface area contributed by atoms with E-state index in [4.69, 9.17) is 16.7 Å². The Balaban J connectivity index is 2.17. The van der Waals surface area contributed by atoms with E-state index in [0.717, 1.165) is 16.9 Å². The van der Waals surface area contributed by atoms with Crippen molar-refractivity contribution in [1.29, 1.82) is 0 Å². The highest BCUT2D eigenvalue weighted by Gasteiger charge is 2.06. The Morgan fingerprint density at radius 1 is 1.20 bits per heavy atom. The molecule has 0 heterocycles. The van der Waals surface area contributed by atoms with Crippen LogP contribution < -0.4 is 10.2 Å². The Morgan fingerprint density at radius 3 is 2.60 bits per heavy atom. The summed E-state index contributed by atoms with van der Waals surface area (Å²) in [6.45, 7) is 0.443. The lowest BCUT2D eigenvalue weighted by molar-refractivity contribution is 0.432. The first-order valence-corrected chi connectivity index (χ1v) is 6.53. The minimum atomic E-state index is -0.622. The van der Waals surface area contributed by atoms with Crippen molar-refractivity contribution in [2.75, 3.05) is 24.3 Å². The van der Waals surface area contributed by atoms with Crippen LogP contribution in [0.5, 0.6) is 5.75 Å². The van der Waals surface area contributed by atoms with Gasteiger partial charge >= 0.3 is 0 Å². The smallest absolute Gasteiger partial charge is 0.165 e. The minimum Gasteiger partial charge on any atom is -0.505 e. The number of nitrogens with zero attached hydrogens (tertiary/aromatic N) is 1. The molecule has 0 saturated carbocycles. The van der Waals surface area contributed by atoms with Gasteiger partial charge in [-0.1, -0.05) is 17.7 Å². The maximum atomic E-state index is 13.3. The zero-order valence-electron chi connectivity index (χ0n) is 11.3. The fourth-order valence-corrected chi connectivity index (χ4v) is 2.07. The SMILES string of the molecule is CN(C)c1ccc(Cl)cc1NCc1ccc(O)c(F)c1. The third-order valence-electron chi connectivity index (χ3n) is 2.94. The molecule has 0 aliphatic carbocycles. The van der Waals surface area contributed by atoms with E-state index in [-0.39, 0.29) is 5.75 Å². The number of phenolic OH excluding ortho intramolecular Hbond substituents is 1. The van der Waals surface area contributed by atoms with Crippen LogP contribution in [0.1, 0.15) is 5.56 Å². The van der Waals surface area contributed by atoms with Crippen LogP contribution in [0, 0.1) is 5.82 Å². The molecule has 2 N–H and O–H groups in total. The molecule has 2 aromatic carbocycles. The molecular weight excluding hydrogens is 279 g/mol. The first-order chi connectivity index (χ1) is 9.47. The number of aromatic hydroxyl groups is 1. The number of phenols is 1. The van der Waals surface area contributed by atoms with Gasteiger partial charge in [0.15, 0.2) is 11.6 Å². The molecule has 0 radical (unpaired) electrons. The largest absolute Gasteiger partial charge is 0.505 e. The minimum absolute atomic E-state index is 0.342. The van der Waals surface area contributed by atoms with Crippen LogP contribution in [0.2, 0.25) is 5.02 Å². The Labute approximate surface area is 122 Å². The predicted molar refractivity (Wildman–Crippen MR) is 81.2 cm³/mol. The summed E-state index contributed by atoms with van der Waals surface area (Å²) < 4.78 is 13.3. The van der Waals surface area contributed by atoms with Crippen LogP contribution in [0.25, 0.3) is 0 Å². The molecule has 0 aromatic heterocycles. The first-order valence-electron chi connectivity index (χ1n) is 6.15. The number of rotatable bonds is 4. The highest BCUT2D eigenvalue weighted by atomic mass is 35.5. The lowest BCUT2D eigenvalue weighted by atomic mass is 10.2. The number of benzene rings is 2. The maximum absolute atomic E-state index is 13.3. The molecule has 2 rings (SSSR count). The first kappa shape index (κ1) is 14.5. The molecule has 0 unspecified atom stereocenters. The van der Waals surface area contributed by atoms with E-state index in [1.54, 1.807) is 6.07 Å². The van der Waals surface area contributed by atoms with E-state index in [1.807, 2.05) is 37.2 Å². The van der Waals surface area contributed by atoms with E-state index in [2.05, 4.69) is 5.32 Å². The molecule has 2 aromatic rings. The maximum Gasteiger partial charge on any atom is 0.165 e. The average Bonchev–Trinajstić information content (AvgIpc) is 2.40. The molecule has 0 bridgehead atoms. The van der Waals surface area contributed by atoms with Crippen molar-refractivity contribution in [3.8, 4) is 5.75 Å². The Morgan fingerprint density at radius 2 is 1.95 bits per heavy atom. The molecule has 20 heavy (non-hydrogen) atoms. The van der Waals surface area contributed by atoms with Gasteiger partial charge in [0.05, 0.1) is 11.4 Å². The van der Waals surface area contributed by atoms with E-state index in [1.165, 1.54) is 12.1 Å². The molecule has 0 aliphatic rings. The van der Waals surface area contributed by atoms with Crippen LogP contribution >= 0.6 is 11.6 Å². The van der Waals surface area contributed by atoms with Gasteiger partial charge in [-0.25, -0.2) is 4.39 Å². The van der Waals surface area contributed by atoms with Gasteiger partial charge in [-0.05, 0) is 35.9 Å². The number of halogens is 2. The van der Waals surface area contributed by atoms with Crippen molar-refractivity contribution in [1.82, 2.24) is 0 Å². The van der Waals surface area contributed by atoms with Crippen molar-refractivity contribution in [2.24, 2.45) is 0 Å². The highest BCUT2D eigenvalue weighted by Crippen LogP contribution is 2.28. The summed E-state index contributed by atoms with van der Waals surface area (Å²) in [4.78, 5) is 1.97. The summed E-state index contributed by atoms with van der Waals surface area (Å²) in [6, 6.07) is 9.89. The van der Waals surface area contributed by atoms with Crippen molar-refractivity contribution < 1.29 is 9.50 Å². The lowest BCUT2D eigenvalue weighted by Gasteiger charge is -2.19. The summed E-state index contributed by atoms with van der Waals surface area (Å²) >= 11 is 6.00. The van der Waals surface area contributed by atoms with Crippen molar-refractivity contribution in [3.63, 3.8) is 0 Å². The number of nitrogens with one attached hydrogen (secondary N) is 1. The number of anilines is 2.